The molecule has 0 aromatic carbocycles. The maximum Gasteiger partial charge on any atom is 0.268 e. The van der Waals surface area contributed by atoms with Crippen LogP contribution in [-0.2, 0) is 28.7 Å². The van der Waals surface area contributed by atoms with Crippen molar-refractivity contribution in [3.8, 4) is 0 Å². The summed E-state index contributed by atoms with van der Waals surface area (Å²) in [5, 5.41) is 31.8. The van der Waals surface area contributed by atoms with Gasteiger partial charge in [-0.3, -0.25) is 47.1 Å². The molecule has 1 radical (unpaired) electrons. The first-order valence-corrected chi connectivity index (χ1v) is 20.0. The number of nitrogens with one attached hydrogen (secondary N) is 8. The zero-order chi connectivity index (χ0) is 29.6. The van der Waals surface area contributed by atoms with Crippen molar-refractivity contribution in [2.45, 2.75) is 151 Å². The van der Waals surface area contributed by atoms with Crippen LogP contribution < -0.4 is 42.5 Å². The summed E-state index contributed by atoms with van der Waals surface area (Å²) in [6.45, 7) is 0. The van der Waals surface area contributed by atoms with E-state index in [9.17, 15) is 13.0 Å². The third-order valence-electron chi connectivity index (χ3n) is 14.2. The van der Waals surface area contributed by atoms with E-state index in [0.717, 1.165) is 12.8 Å². The van der Waals surface area contributed by atoms with Crippen LogP contribution in [0.25, 0.3) is 0 Å². The summed E-state index contributed by atoms with van der Waals surface area (Å²) in [6, 6.07) is 0. The first kappa shape index (κ1) is 32.4. The summed E-state index contributed by atoms with van der Waals surface area (Å²) in [5.74, 6) is 3.50. The first-order valence-electron chi connectivity index (χ1n) is 18.5. The van der Waals surface area contributed by atoms with E-state index in [-0.39, 0.29) is 67.4 Å². The molecule has 9 N–H and O–H groups in total. The maximum absolute atomic E-state index is 12.8. The normalized spacial score (nSPS) is 54.3. The van der Waals surface area contributed by atoms with Crippen molar-refractivity contribution in [1.82, 2.24) is 42.5 Å². The molecule has 11 nitrogen and oxygen atoms in total. The fraction of sp³-hybridized carbons (Fsp3) is 1.00. The predicted molar refractivity (Wildman–Crippen MR) is 168 cm³/mol. The molecule has 8 bridgehead atoms. The molecule has 9 fully saturated rings. The van der Waals surface area contributed by atoms with E-state index >= 15 is 0 Å². The summed E-state index contributed by atoms with van der Waals surface area (Å²) in [6.07, 6.45) is 18.9. The van der Waals surface area contributed by atoms with Crippen molar-refractivity contribution in [1.29, 1.82) is 0 Å². The molecule has 17 unspecified atom stereocenters. The van der Waals surface area contributed by atoms with Gasteiger partial charge in [0.1, 0.15) is 0 Å². The van der Waals surface area contributed by atoms with E-state index in [0.29, 0.717) is 54.3 Å². The number of fused-ring (bicyclic) bond motifs is 20. The Bertz CT molecular complexity index is 1180. The molecule has 4 aliphatic carbocycles. The van der Waals surface area contributed by atoms with Crippen molar-refractivity contribution < 1.29 is 31.5 Å². The smallest absolute Gasteiger partial charge is 0.268 e. The topological polar surface area (TPSA) is 151 Å². The van der Waals surface area contributed by atoms with Crippen LogP contribution in [0.5, 0.6) is 0 Å². The van der Waals surface area contributed by atoms with Crippen molar-refractivity contribution in [3.63, 3.8) is 0 Å². The van der Waals surface area contributed by atoms with Crippen molar-refractivity contribution >= 4 is 10.1 Å². The molecule has 9 aliphatic rings. The quantitative estimate of drug-likeness (QED) is 0.185. The molecule has 0 spiro atoms. The Morgan fingerprint density at radius 3 is 0.956 bits per heavy atom. The van der Waals surface area contributed by atoms with Gasteiger partial charge < -0.3 is 0 Å². The standard InChI is InChI=1S/C32H56N8O3S.V/c41-44(42,43)23-15-7-14-22-24(23)32-39-30-21-13-6-5-12-20(21)28(37-30)35-26-17-9-2-1-8-16(17)25(33-26)34-27-18-10-3-4-11-19(18)29(36-27)38-31(22)40-32;/h16-40H,1-15H2,(H,41,42,43);. The molecule has 17 atom stereocenters. The van der Waals surface area contributed by atoms with E-state index in [1.54, 1.807) is 0 Å². The Kier molecular flexibility index (Phi) is 9.22. The average Bonchev–Trinajstić information content (AvgIpc) is 3.76. The van der Waals surface area contributed by atoms with Crippen molar-refractivity contribution in [3.05, 3.63) is 0 Å². The minimum absolute atomic E-state index is 0. The maximum atomic E-state index is 12.8. The van der Waals surface area contributed by atoms with E-state index in [4.69, 9.17) is 0 Å². The van der Waals surface area contributed by atoms with Crippen LogP contribution in [0.3, 0.4) is 0 Å². The van der Waals surface area contributed by atoms with Gasteiger partial charge in [0, 0.05) is 24.5 Å². The molecule has 0 amide bonds. The van der Waals surface area contributed by atoms with Gasteiger partial charge in [0.2, 0.25) is 0 Å². The minimum Gasteiger partial charge on any atom is -0.286 e. The first-order chi connectivity index (χ1) is 21.4. The average molecular weight is 684 g/mol. The third kappa shape index (κ3) is 5.72. The van der Waals surface area contributed by atoms with Gasteiger partial charge in [0.25, 0.3) is 10.1 Å². The predicted octanol–water partition coefficient (Wildman–Crippen LogP) is 1.47. The molecular weight excluding hydrogens is 627 g/mol. The summed E-state index contributed by atoms with van der Waals surface area (Å²) < 4.78 is 36.1. The molecule has 4 saturated carbocycles. The molecule has 45 heavy (non-hydrogen) atoms. The minimum atomic E-state index is -4.16. The second-order valence-electron chi connectivity index (χ2n) is 16.2. The van der Waals surface area contributed by atoms with Gasteiger partial charge in [-0.25, -0.2) is 0 Å². The molecule has 5 saturated heterocycles. The van der Waals surface area contributed by atoms with Crippen LogP contribution in [0.15, 0.2) is 0 Å². The zero-order valence-corrected chi connectivity index (χ0v) is 28.8. The molecule has 9 rings (SSSR count). The Morgan fingerprint density at radius 1 is 0.378 bits per heavy atom. The second-order valence-corrected chi connectivity index (χ2v) is 17.9. The van der Waals surface area contributed by atoms with Crippen LogP contribution in [0.1, 0.15) is 96.3 Å². The number of hydrogen-bond donors (Lipinski definition) is 9. The number of rotatable bonds is 1. The van der Waals surface area contributed by atoms with Crippen LogP contribution in [-0.4, -0.2) is 67.5 Å². The van der Waals surface area contributed by atoms with Crippen LogP contribution in [0.2, 0.25) is 0 Å². The fourth-order valence-corrected chi connectivity index (χ4v) is 13.6. The van der Waals surface area contributed by atoms with E-state index < -0.39 is 15.4 Å². The van der Waals surface area contributed by atoms with Crippen LogP contribution in [0.4, 0.5) is 0 Å². The van der Waals surface area contributed by atoms with Crippen LogP contribution in [0, 0.1) is 47.3 Å². The molecule has 253 valence electrons. The van der Waals surface area contributed by atoms with E-state index in [1.807, 2.05) is 0 Å². The summed E-state index contributed by atoms with van der Waals surface area (Å²) in [4.78, 5) is 0. The fourth-order valence-electron chi connectivity index (χ4n) is 12.3. The molecule has 5 aliphatic heterocycles. The molecular formula is C32H56N8O3SV. The monoisotopic (exact) mass is 683 g/mol. The molecule has 5 heterocycles. The van der Waals surface area contributed by atoms with Crippen LogP contribution >= 0.6 is 0 Å². The summed E-state index contributed by atoms with van der Waals surface area (Å²) >= 11 is 0. The van der Waals surface area contributed by atoms with Gasteiger partial charge in [-0.1, -0.05) is 44.9 Å². The van der Waals surface area contributed by atoms with E-state index in [2.05, 4.69) is 42.5 Å². The second kappa shape index (κ2) is 12.8. The van der Waals surface area contributed by atoms with Gasteiger partial charge in [-0.2, -0.15) is 8.42 Å². The molecule has 0 aromatic heterocycles. The summed E-state index contributed by atoms with van der Waals surface area (Å²) in [7, 11) is -4.16. The van der Waals surface area contributed by atoms with Gasteiger partial charge in [-0.05, 0) is 92.8 Å². The van der Waals surface area contributed by atoms with Gasteiger partial charge in [0.15, 0.2) is 0 Å². The van der Waals surface area contributed by atoms with E-state index in [1.165, 1.54) is 77.0 Å². The van der Waals surface area contributed by atoms with Crippen molar-refractivity contribution in [2.75, 3.05) is 0 Å². The van der Waals surface area contributed by atoms with Crippen molar-refractivity contribution in [2.24, 2.45) is 47.3 Å². The SMILES string of the molecule is O=S(=O)(O)C1CCCC2C3NC4NC(NC5NC(NC6NC(NC(N3)C21)C1CCCCC61)C1CCCCC51)C1CCCCC41.[V]. The third-order valence-corrected chi connectivity index (χ3v) is 15.5. The Labute approximate surface area is 281 Å². The van der Waals surface area contributed by atoms with Gasteiger partial charge in [-0.15, -0.1) is 0 Å². The summed E-state index contributed by atoms with van der Waals surface area (Å²) in [5.41, 5.74) is 0. The van der Waals surface area contributed by atoms with Gasteiger partial charge >= 0.3 is 0 Å². The molecule has 13 heteroatoms. The zero-order valence-electron chi connectivity index (χ0n) is 26.5. The molecule has 0 aromatic rings. The largest absolute Gasteiger partial charge is 0.286 e. The Morgan fingerprint density at radius 2 is 0.644 bits per heavy atom. The number of hydrogen-bond acceptors (Lipinski definition) is 10. The Hall–Kier alpha value is 0.174. The van der Waals surface area contributed by atoms with Gasteiger partial charge in [0.05, 0.1) is 54.6 Å². The Balaban J connectivity index is 0.00000300.